The average Bonchev–Trinajstić information content (AvgIpc) is 2.29. The van der Waals surface area contributed by atoms with E-state index in [1.54, 1.807) is 0 Å². The average molecular weight is 242 g/mol. The van der Waals surface area contributed by atoms with Gasteiger partial charge >= 0.3 is 5.97 Å². The molecule has 0 aromatic carbocycles. The summed E-state index contributed by atoms with van der Waals surface area (Å²) in [6, 6.07) is 0. The fraction of sp³-hybridized carbons (Fsp3) is 0.933. The Hall–Kier alpha value is -0.530. The SMILES string of the molecule is CCCCCCOC(=O)C(CC)CCC(C)C. The van der Waals surface area contributed by atoms with E-state index in [4.69, 9.17) is 4.74 Å². The summed E-state index contributed by atoms with van der Waals surface area (Å²) in [5, 5.41) is 0. The molecule has 2 nitrogen and oxygen atoms in total. The summed E-state index contributed by atoms with van der Waals surface area (Å²) in [5.41, 5.74) is 0. The molecule has 1 unspecified atom stereocenters. The maximum absolute atomic E-state index is 11.8. The summed E-state index contributed by atoms with van der Waals surface area (Å²) in [6.45, 7) is 9.26. The predicted molar refractivity (Wildman–Crippen MR) is 73.0 cm³/mol. The van der Waals surface area contributed by atoms with Gasteiger partial charge in [-0.2, -0.15) is 0 Å². The van der Waals surface area contributed by atoms with Gasteiger partial charge in [0, 0.05) is 0 Å². The van der Waals surface area contributed by atoms with Crippen LogP contribution in [0.3, 0.4) is 0 Å². The molecule has 0 bridgehead atoms. The number of carbonyl (C=O) groups excluding carboxylic acids is 1. The Bertz CT molecular complexity index is 187. The number of ether oxygens (including phenoxy) is 1. The largest absolute Gasteiger partial charge is 0.465 e. The maximum atomic E-state index is 11.8. The van der Waals surface area contributed by atoms with Gasteiger partial charge in [-0.25, -0.2) is 0 Å². The van der Waals surface area contributed by atoms with Crippen molar-refractivity contribution in [3.63, 3.8) is 0 Å². The molecule has 0 aliphatic carbocycles. The minimum Gasteiger partial charge on any atom is -0.465 e. The van der Waals surface area contributed by atoms with Crippen LogP contribution < -0.4 is 0 Å². The molecule has 0 fully saturated rings. The molecule has 0 aliphatic rings. The van der Waals surface area contributed by atoms with Crippen molar-refractivity contribution in [2.75, 3.05) is 6.61 Å². The van der Waals surface area contributed by atoms with Crippen LogP contribution >= 0.6 is 0 Å². The van der Waals surface area contributed by atoms with Crippen molar-refractivity contribution in [3.8, 4) is 0 Å². The Balaban J connectivity index is 3.68. The summed E-state index contributed by atoms with van der Waals surface area (Å²) >= 11 is 0. The van der Waals surface area contributed by atoms with Gasteiger partial charge in [-0.1, -0.05) is 53.4 Å². The molecule has 0 aromatic rings. The van der Waals surface area contributed by atoms with Crippen molar-refractivity contribution in [2.45, 2.75) is 72.6 Å². The number of rotatable bonds is 10. The first kappa shape index (κ1) is 16.5. The molecule has 0 amide bonds. The standard InChI is InChI=1S/C15H30O2/c1-5-7-8-9-12-17-15(16)14(6-2)11-10-13(3)4/h13-14H,5-12H2,1-4H3. The number of carbonyl (C=O) groups is 1. The van der Waals surface area contributed by atoms with Crippen molar-refractivity contribution in [1.29, 1.82) is 0 Å². The molecule has 0 aromatic heterocycles. The number of hydrogen-bond donors (Lipinski definition) is 0. The van der Waals surface area contributed by atoms with Crippen LogP contribution in [0.15, 0.2) is 0 Å². The van der Waals surface area contributed by atoms with Crippen LogP contribution in [0.5, 0.6) is 0 Å². The van der Waals surface area contributed by atoms with Crippen molar-refractivity contribution in [2.24, 2.45) is 11.8 Å². The van der Waals surface area contributed by atoms with Crippen molar-refractivity contribution < 1.29 is 9.53 Å². The van der Waals surface area contributed by atoms with E-state index in [-0.39, 0.29) is 11.9 Å². The van der Waals surface area contributed by atoms with Gasteiger partial charge in [0.15, 0.2) is 0 Å². The highest BCUT2D eigenvalue weighted by atomic mass is 16.5. The Morgan fingerprint density at radius 1 is 1.06 bits per heavy atom. The van der Waals surface area contributed by atoms with Crippen LogP contribution in [-0.2, 0) is 9.53 Å². The second-order valence-corrected chi connectivity index (χ2v) is 5.30. The predicted octanol–water partition coefficient (Wildman–Crippen LogP) is 4.57. The van der Waals surface area contributed by atoms with Gasteiger partial charge in [-0.05, 0) is 25.2 Å². The normalized spacial score (nSPS) is 12.8. The lowest BCUT2D eigenvalue weighted by Crippen LogP contribution is -2.18. The summed E-state index contributed by atoms with van der Waals surface area (Å²) in [5.74, 6) is 0.801. The van der Waals surface area contributed by atoms with E-state index in [2.05, 4.69) is 27.7 Å². The van der Waals surface area contributed by atoms with Crippen LogP contribution in [-0.4, -0.2) is 12.6 Å². The second kappa shape index (κ2) is 10.6. The number of hydrogen-bond acceptors (Lipinski definition) is 2. The van der Waals surface area contributed by atoms with E-state index in [0.717, 1.165) is 25.7 Å². The first-order valence-electron chi connectivity index (χ1n) is 7.28. The topological polar surface area (TPSA) is 26.3 Å². The third-order valence-electron chi connectivity index (χ3n) is 3.16. The minimum absolute atomic E-state index is 0.0182. The van der Waals surface area contributed by atoms with Gasteiger partial charge in [0.05, 0.1) is 12.5 Å². The fourth-order valence-corrected chi connectivity index (χ4v) is 1.84. The Morgan fingerprint density at radius 2 is 1.76 bits per heavy atom. The highest BCUT2D eigenvalue weighted by Gasteiger charge is 2.17. The molecule has 0 rings (SSSR count). The molecule has 0 spiro atoms. The van der Waals surface area contributed by atoms with Gasteiger partial charge in [-0.3, -0.25) is 4.79 Å². The van der Waals surface area contributed by atoms with Crippen LogP contribution in [0.4, 0.5) is 0 Å². The van der Waals surface area contributed by atoms with E-state index in [9.17, 15) is 4.79 Å². The molecule has 0 radical (unpaired) electrons. The molecule has 17 heavy (non-hydrogen) atoms. The van der Waals surface area contributed by atoms with Crippen LogP contribution in [0.25, 0.3) is 0 Å². The molecule has 0 heterocycles. The first-order chi connectivity index (χ1) is 8.11. The lowest BCUT2D eigenvalue weighted by atomic mass is 9.96. The van der Waals surface area contributed by atoms with Crippen LogP contribution in [0.2, 0.25) is 0 Å². The Kier molecular flexibility index (Phi) is 10.3. The molecule has 0 N–H and O–H groups in total. The molecule has 0 saturated heterocycles. The van der Waals surface area contributed by atoms with E-state index >= 15 is 0 Å². The molecule has 2 heteroatoms. The van der Waals surface area contributed by atoms with E-state index in [1.807, 2.05) is 0 Å². The molecule has 0 saturated carbocycles. The summed E-state index contributed by atoms with van der Waals surface area (Å²) in [6.07, 6.45) is 7.64. The molecule has 1 atom stereocenters. The van der Waals surface area contributed by atoms with Gasteiger partial charge in [0.2, 0.25) is 0 Å². The van der Waals surface area contributed by atoms with E-state index in [1.165, 1.54) is 19.3 Å². The zero-order chi connectivity index (χ0) is 13.1. The van der Waals surface area contributed by atoms with Crippen molar-refractivity contribution >= 4 is 5.97 Å². The fourth-order valence-electron chi connectivity index (χ4n) is 1.84. The maximum Gasteiger partial charge on any atom is 0.308 e. The van der Waals surface area contributed by atoms with Gasteiger partial charge in [-0.15, -0.1) is 0 Å². The van der Waals surface area contributed by atoms with Crippen LogP contribution in [0, 0.1) is 11.8 Å². The second-order valence-electron chi connectivity index (χ2n) is 5.30. The summed E-state index contributed by atoms with van der Waals surface area (Å²) < 4.78 is 5.33. The highest BCUT2D eigenvalue weighted by molar-refractivity contribution is 5.72. The molecule has 0 aliphatic heterocycles. The first-order valence-corrected chi connectivity index (χ1v) is 7.28. The van der Waals surface area contributed by atoms with Gasteiger partial charge < -0.3 is 4.74 Å². The smallest absolute Gasteiger partial charge is 0.308 e. The molecule has 102 valence electrons. The summed E-state index contributed by atoms with van der Waals surface area (Å²) in [7, 11) is 0. The summed E-state index contributed by atoms with van der Waals surface area (Å²) in [4.78, 5) is 11.8. The molecular weight excluding hydrogens is 212 g/mol. The van der Waals surface area contributed by atoms with E-state index in [0.29, 0.717) is 12.5 Å². The van der Waals surface area contributed by atoms with E-state index < -0.39 is 0 Å². The minimum atomic E-state index is 0.0182. The monoisotopic (exact) mass is 242 g/mol. The Labute approximate surface area is 107 Å². The number of esters is 1. The lowest BCUT2D eigenvalue weighted by molar-refractivity contribution is -0.149. The highest BCUT2D eigenvalue weighted by Crippen LogP contribution is 2.17. The van der Waals surface area contributed by atoms with Crippen LogP contribution in [0.1, 0.15) is 72.6 Å². The zero-order valence-electron chi connectivity index (χ0n) is 12.1. The third kappa shape index (κ3) is 9.20. The van der Waals surface area contributed by atoms with Crippen molar-refractivity contribution in [3.05, 3.63) is 0 Å². The van der Waals surface area contributed by atoms with Gasteiger partial charge in [0.25, 0.3) is 0 Å². The van der Waals surface area contributed by atoms with Gasteiger partial charge in [0.1, 0.15) is 0 Å². The quantitative estimate of drug-likeness (QED) is 0.414. The number of unbranched alkanes of at least 4 members (excludes halogenated alkanes) is 3. The third-order valence-corrected chi connectivity index (χ3v) is 3.16. The zero-order valence-corrected chi connectivity index (χ0v) is 12.1. The Morgan fingerprint density at radius 3 is 2.29 bits per heavy atom. The molecular formula is C15H30O2. The lowest BCUT2D eigenvalue weighted by Gasteiger charge is -2.15. The van der Waals surface area contributed by atoms with Crippen molar-refractivity contribution in [1.82, 2.24) is 0 Å².